The van der Waals surface area contributed by atoms with E-state index in [0.717, 1.165) is 28.3 Å². The van der Waals surface area contributed by atoms with Crippen LogP contribution in [-0.2, 0) is 17.3 Å². The van der Waals surface area contributed by atoms with Gasteiger partial charge in [0.15, 0.2) is 0 Å². The normalized spacial score (nSPS) is 15.0. The van der Waals surface area contributed by atoms with Crippen LogP contribution in [0.5, 0.6) is 0 Å². The van der Waals surface area contributed by atoms with Crippen LogP contribution in [0.2, 0.25) is 4.34 Å². The molecule has 1 rings (SSSR count). The van der Waals surface area contributed by atoms with Crippen molar-refractivity contribution in [1.29, 1.82) is 0 Å². The summed E-state index contributed by atoms with van der Waals surface area (Å²) in [7, 11) is -0.724. The first-order chi connectivity index (χ1) is 7.50. The molecule has 0 spiro atoms. The zero-order chi connectivity index (χ0) is 12.1. The first-order valence-electron chi connectivity index (χ1n) is 4.97. The van der Waals surface area contributed by atoms with Crippen LogP contribution in [-0.4, -0.2) is 22.3 Å². The SMILES string of the molecule is CC(CCNCc1cc(Br)c(Cl)s1)S(C)=O. The van der Waals surface area contributed by atoms with Crippen LogP contribution in [0, 0.1) is 0 Å². The lowest BCUT2D eigenvalue weighted by Crippen LogP contribution is -2.20. The predicted octanol–water partition coefficient (Wildman–Crippen LogP) is 3.41. The highest BCUT2D eigenvalue weighted by Crippen LogP contribution is 2.31. The van der Waals surface area contributed by atoms with Crippen LogP contribution >= 0.6 is 38.9 Å². The van der Waals surface area contributed by atoms with Gasteiger partial charge >= 0.3 is 0 Å². The van der Waals surface area contributed by atoms with E-state index >= 15 is 0 Å². The molecule has 0 bridgehead atoms. The summed E-state index contributed by atoms with van der Waals surface area (Å²) in [5.41, 5.74) is 0. The molecule has 0 saturated carbocycles. The van der Waals surface area contributed by atoms with Crippen molar-refractivity contribution in [2.45, 2.75) is 25.1 Å². The van der Waals surface area contributed by atoms with Gasteiger partial charge in [0.05, 0.1) is 0 Å². The van der Waals surface area contributed by atoms with Gasteiger partial charge in [0.1, 0.15) is 4.34 Å². The average Bonchev–Trinajstić information content (AvgIpc) is 2.53. The lowest BCUT2D eigenvalue weighted by molar-refractivity contribution is 0.632. The second-order valence-electron chi connectivity index (χ2n) is 3.61. The molecular formula is C10H15BrClNOS2. The molecule has 1 heterocycles. The molecule has 2 nitrogen and oxygen atoms in total. The van der Waals surface area contributed by atoms with Gasteiger partial charge in [-0.3, -0.25) is 4.21 Å². The minimum atomic E-state index is -0.724. The standard InChI is InChI=1S/C10H15BrClNOS2/c1-7(16(2)14)3-4-13-6-8-5-9(11)10(12)15-8/h5,7,13H,3-4,6H2,1-2H3. The molecule has 0 aliphatic carbocycles. The van der Waals surface area contributed by atoms with Gasteiger partial charge in [-0.1, -0.05) is 18.5 Å². The summed E-state index contributed by atoms with van der Waals surface area (Å²) >= 11 is 10.9. The molecule has 16 heavy (non-hydrogen) atoms. The number of rotatable bonds is 6. The first kappa shape index (κ1) is 14.6. The first-order valence-corrected chi connectivity index (χ1v) is 8.58. The van der Waals surface area contributed by atoms with Gasteiger partial charge in [0.2, 0.25) is 0 Å². The van der Waals surface area contributed by atoms with Gasteiger partial charge in [0.25, 0.3) is 0 Å². The van der Waals surface area contributed by atoms with E-state index in [2.05, 4.69) is 21.2 Å². The highest BCUT2D eigenvalue weighted by molar-refractivity contribution is 9.10. The van der Waals surface area contributed by atoms with Crippen molar-refractivity contribution >= 4 is 49.7 Å². The van der Waals surface area contributed by atoms with Crippen LogP contribution in [0.3, 0.4) is 0 Å². The minimum absolute atomic E-state index is 0.256. The van der Waals surface area contributed by atoms with E-state index in [1.54, 1.807) is 17.6 Å². The summed E-state index contributed by atoms with van der Waals surface area (Å²) in [5.74, 6) is 0. The molecule has 0 aliphatic rings. The minimum Gasteiger partial charge on any atom is -0.312 e. The molecule has 2 unspecified atom stereocenters. The van der Waals surface area contributed by atoms with Gasteiger partial charge in [-0.15, -0.1) is 11.3 Å². The predicted molar refractivity (Wildman–Crippen MR) is 76.9 cm³/mol. The monoisotopic (exact) mass is 343 g/mol. The van der Waals surface area contributed by atoms with Crippen molar-refractivity contribution in [3.63, 3.8) is 0 Å². The van der Waals surface area contributed by atoms with Crippen LogP contribution in [0.4, 0.5) is 0 Å². The summed E-state index contributed by atoms with van der Waals surface area (Å²) in [6, 6.07) is 2.03. The maximum Gasteiger partial charge on any atom is 0.107 e. The lowest BCUT2D eigenvalue weighted by Gasteiger charge is -2.08. The van der Waals surface area contributed by atoms with Crippen molar-refractivity contribution in [2.24, 2.45) is 0 Å². The topological polar surface area (TPSA) is 29.1 Å². The maximum atomic E-state index is 11.1. The van der Waals surface area contributed by atoms with E-state index in [1.165, 1.54) is 4.88 Å². The molecule has 0 amide bonds. The number of halogens is 2. The molecule has 2 atom stereocenters. The Morgan fingerprint density at radius 2 is 2.38 bits per heavy atom. The Labute approximate surface area is 116 Å². The summed E-state index contributed by atoms with van der Waals surface area (Å²) in [6.07, 6.45) is 2.68. The highest BCUT2D eigenvalue weighted by Gasteiger charge is 2.06. The molecule has 1 aromatic heterocycles. The molecule has 0 aromatic carbocycles. The molecule has 1 aromatic rings. The number of thiophene rings is 1. The molecule has 0 radical (unpaired) electrons. The molecular weight excluding hydrogens is 330 g/mol. The van der Waals surface area contributed by atoms with Crippen molar-refractivity contribution in [3.8, 4) is 0 Å². The fourth-order valence-electron chi connectivity index (χ4n) is 1.16. The zero-order valence-corrected chi connectivity index (χ0v) is 13.2. The third kappa shape index (κ3) is 4.84. The van der Waals surface area contributed by atoms with Crippen LogP contribution in [0.1, 0.15) is 18.2 Å². The Bertz CT molecular complexity index is 350. The third-order valence-electron chi connectivity index (χ3n) is 2.29. The zero-order valence-electron chi connectivity index (χ0n) is 9.26. The Morgan fingerprint density at radius 1 is 1.69 bits per heavy atom. The van der Waals surface area contributed by atoms with Gasteiger partial charge in [-0.25, -0.2) is 0 Å². The molecule has 0 aliphatic heterocycles. The highest BCUT2D eigenvalue weighted by atomic mass is 79.9. The Morgan fingerprint density at radius 3 is 2.88 bits per heavy atom. The van der Waals surface area contributed by atoms with Crippen molar-refractivity contribution in [3.05, 3.63) is 19.8 Å². The van der Waals surface area contributed by atoms with E-state index in [1.807, 2.05) is 13.0 Å². The molecule has 1 N–H and O–H groups in total. The Hall–Kier alpha value is 0.580. The maximum absolute atomic E-state index is 11.1. The third-order valence-corrected chi connectivity index (χ3v) is 6.13. The smallest absolute Gasteiger partial charge is 0.107 e. The van der Waals surface area contributed by atoms with Crippen molar-refractivity contribution in [2.75, 3.05) is 12.8 Å². The van der Waals surface area contributed by atoms with E-state index < -0.39 is 10.8 Å². The lowest BCUT2D eigenvalue weighted by atomic mass is 10.3. The Balaban J connectivity index is 2.23. The van der Waals surface area contributed by atoms with Gasteiger partial charge < -0.3 is 5.32 Å². The van der Waals surface area contributed by atoms with Crippen molar-refractivity contribution < 1.29 is 4.21 Å². The van der Waals surface area contributed by atoms with Crippen molar-refractivity contribution in [1.82, 2.24) is 5.32 Å². The van der Waals surface area contributed by atoms with Crippen LogP contribution in [0.15, 0.2) is 10.5 Å². The molecule has 0 saturated heterocycles. The number of nitrogens with one attached hydrogen (secondary N) is 1. The summed E-state index contributed by atoms with van der Waals surface area (Å²) < 4.78 is 12.9. The van der Waals surface area contributed by atoms with E-state index in [-0.39, 0.29) is 5.25 Å². The van der Waals surface area contributed by atoms with Crippen LogP contribution < -0.4 is 5.32 Å². The van der Waals surface area contributed by atoms with E-state index in [4.69, 9.17) is 11.6 Å². The summed E-state index contributed by atoms with van der Waals surface area (Å²) in [4.78, 5) is 1.21. The second-order valence-corrected chi connectivity index (χ2v) is 8.00. The van der Waals surface area contributed by atoms with E-state index in [9.17, 15) is 4.21 Å². The Kier molecular flexibility index (Phi) is 6.51. The number of hydrogen-bond acceptors (Lipinski definition) is 3. The summed E-state index contributed by atoms with van der Waals surface area (Å²) in [5, 5.41) is 3.58. The second kappa shape index (κ2) is 7.11. The van der Waals surface area contributed by atoms with Gasteiger partial charge in [-0.2, -0.15) is 0 Å². The van der Waals surface area contributed by atoms with Gasteiger partial charge in [-0.05, 0) is 35.0 Å². The fraction of sp³-hybridized carbons (Fsp3) is 0.600. The van der Waals surface area contributed by atoms with Gasteiger partial charge in [0, 0.05) is 38.2 Å². The fourth-order valence-corrected chi connectivity index (χ4v) is 3.37. The number of hydrogen-bond donors (Lipinski definition) is 1. The summed E-state index contributed by atoms with van der Waals surface area (Å²) in [6.45, 7) is 3.71. The molecule has 6 heteroatoms. The molecule has 92 valence electrons. The van der Waals surface area contributed by atoms with Crippen LogP contribution in [0.25, 0.3) is 0 Å². The van der Waals surface area contributed by atoms with E-state index in [0.29, 0.717) is 0 Å². The largest absolute Gasteiger partial charge is 0.312 e. The molecule has 0 fully saturated rings. The average molecular weight is 345 g/mol. The quantitative estimate of drug-likeness (QED) is 0.801.